The van der Waals surface area contributed by atoms with Crippen LogP contribution in [0.25, 0.3) is 11.2 Å². The number of hydrogen-bond donors (Lipinski definition) is 3. The molecule has 0 aromatic carbocycles. The number of hydrogen-bond acceptors (Lipinski definition) is 5. The topological polar surface area (TPSA) is 138 Å². The monoisotopic (exact) mass is 290 g/mol. The van der Waals surface area contributed by atoms with E-state index in [1.165, 1.54) is 27.7 Å². The second-order valence-electron chi connectivity index (χ2n) is 4.41. The van der Waals surface area contributed by atoms with Crippen LogP contribution in [0.1, 0.15) is 13.1 Å². The van der Waals surface area contributed by atoms with Crippen LogP contribution in [0.5, 0.6) is 0 Å². The molecule has 0 radical (unpaired) electrons. The van der Waals surface area contributed by atoms with E-state index in [1.54, 1.807) is 6.92 Å². The van der Waals surface area contributed by atoms with E-state index in [-0.39, 0.29) is 11.2 Å². The van der Waals surface area contributed by atoms with Gasteiger partial charge >= 0.3 is 11.4 Å². The Kier molecular flexibility index (Phi) is 2.71. The third kappa shape index (κ3) is 2.02. The Morgan fingerprint density at radius 2 is 1.86 bits per heavy atom. The molecule has 10 nitrogen and oxygen atoms in total. The Balaban J connectivity index is 2.25. The Morgan fingerprint density at radius 3 is 2.57 bits per heavy atom. The van der Waals surface area contributed by atoms with Gasteiger partial charge < -0.3 is 0 Å². The van der Waals surface area contributed by atoms with Crippen molar-refractivity contribution in [3.8, 4) is 0 Å². The SMILES string of the molecule is CC(n1ccc(=O)[nH]c1=O)n1cnc2c(=O)[nH]c(=O)[nH]c21. The van der Waals surface area contributed by atoms with Crippen molar-refractivity contribution in [2.75, 3.05) is 0 Å². The van der Waals surface area contributed by atoms with E-state index in [2.05, 4.69) is 19.9 Å². The van der Waals surface area contributed by atoms with Crippen molar-refractivity contribution >= 4 is 11.2 Å². The summed E-state index contributed by atoms with van der Waals surface area (Å²) in [6.07, 6.45) is 2.05. The van der Waals surface area contributed by atoms with Gasteiger partial charge in [0.2, 0.25) is 0 Å². The summed E-state index contributed by atoms with van der Waals surface area (Å²) in [5, 5.41) is 0. The van der Waals surface area contributed by atoms with Crippen molar-refractivity contribution in [3.05, 3.63) is 60.3 Å². The number of fused-ring (bicyclic) bond motifs is 1. The summed E-state index contributed by atoms with van der Waals surface area (Å²) < 4.78 is 2.69. The largest absolute Gasteiger partial charge is 0.330 e. The average Bonchev–Trinajstić information content (AvgIpc) is 2.82. The molecule has 3 heterocycles. The third-order valence-corrected chi connectivity index (χ3v) is 3.12. The van der Waals surface area contributed by atoms with E-state index < -0.39 is 28.7 Å². The third-order valence-electron chi connectivity index (χ3n) is 3.12. The number of nitrogens with one attached hydrogen (secondary N) is 3. The van der Waals surface area contributed by atoms with E-state index in [9.17, 15) is 19.2 Å². The average molecular weight is 290 g/mol. The highest BCUT2D eigenvalue weighted by atomic mass is 16.2. The van der Waals surface area contributed by atoms with Gasteiger partial charge in [0.15, 0.2) is 5.52 Å². The van der Waals surface area contributed by atoms with Gasteiger partial charge in [-0.25, -0.2) is 14.6 Å². The predicted octanol–water partition coefficient (Wildman–Crippen LogP) is -1.67. The van der Waals surface area contributed by atoms with Crippen LogP contribution < -0.4 is 22.5 Å². The molecule has 0 aliphatic carbocycles. The minimum atomic E-state index is -0.671. The summed E-state index contributed by atoms with van der Waals surface area (Å²) >= 11 is 0. The number of imidazole rings is 1. The highest BCUT2D eigenvalue weighted by Crippen LogP contribution is 2.11. The predicted molar refractivity (Wildman–Crippen MR) is 72.4 cm³/mol. The molecule has 0 amide bonds. The lowest BCUT2D eigenvalue weighted by atomic mass is 10.4. The normalized spacial score (nSPS) is 12.6. The van der Waals surface area contributed by atoms with Gasteiger partial charge in [-0.3, -0.25) is 33.7 Å². The lowest BCUT2D eigenvalue weighted by Gasteiger charge is -2.16. The highest BCUT2D eigenvalue weighted by molar-refractivity contribution is 5.68. The Morgan fingerprint density at radius 1 is 1.10 bits per heavy atom. The molecule has 1 atom stereocenters. The van der Waals surface area contributed by atoms with E-state index in [1.807, 2.05) is 0 Å². The van der Waals surface area contributed by atoms with Crippen molar-refractivity contribution in [2.24, 2.45) is 0 Å². The first-order valence-electron chi connectivity index (χ1n) is 5.98. The van der Waals surface area contributed by atoms with Crippen LogP contribution in [-0.2, 0) is 0 Å². The maximum Gasteiger partial charge on any atom is 0.330 e. The van der Waals surface area contributed by atoms with Gasteiger partial charge in [0.25, 0.3) is 11.1 Å². The molecular weight excluding hydrogens is 280 g/mol. The molecule has 0 aliphatic heterocycles. The summed E-state index contributed by atoms with van der Waals surface area (Å²) in [6, 6.07) is 1.20. The molecule has 0 spiro atoms. The first-order chi connectivity index (χ1) is 9.97. The molecule has 108 valence electrons. The molecule has 0 bridgehead atoms. The van der Waals surface area contributed by atoms with Crippen LogP contribution in [0, 0.1) is 0 Å². The smallest absolute Gasteiger partial charge is 0.295 e. The van der Waals surface area contributed by atoms with Crippen LogP contribution in [0.4, 0.5) is 0 Å². The van der Waals surface area contributed by atoms with Crippen LogP contribution >= 0.6 is 0 Å². The molecule has 3 aromatic rings. The zero-order valence-electron chi connectivity index (χ0n) is 10.8. The van der Waals surface area contributed by atoms with Crippen molar-refractivity contribution < 1.29 is 0 Å². The van der Waals surface area contributed by atoms with Crippen molar-refractivity contribution in [1.82, 2.24) is 29.1 Å². The van der Waals surface area contributed by atoms with E-state index >= 15 is 0 Å². The van der Waals surface area contributed by atoms with E-state index in [4.69, 9.17) is 0 Å². The van der Waals surface area contributed by atoms with Gasteiger partial charge in [0.1, 0.15) is 11.8 Å². The van der Waals surface area contributed by atoms with Gasteiger partial charge in [-0.15, -0.1) is 0 Å². The highest BCUT2D eigenvalue weighted by Gasteiger charge is 2.15. The summed E-state index contributed by atoms with van der Waals surface area (Å²) in [5.74, 6) is 0. The molecule has 21 heavy (non-hydrogen) atoms. The van der Waals surface area contributed by atoms with Crippen molar-refractivity contribution in [1.29, 1.82) is 0 Å². The van der Waals surface area contributed by atoms with E-state index in [0.717, 1.165) is 0 Å². The summed E-state index contributed by atoms with van der Waals surface area (Å²) in [4.78, 5) is 56.4. The fraction of sp³-hybridized carbons (Fsp3) is 0.182. The van der Waals surface area contributed by atoms with Crippen LogP contribution in [0.15, 0.2) is 37.8 Å². The molecule has 0 saturated carbocycles. The van der Waals surface area contributed by atoms with E-state index in [0.29, 0.717) is 0 Å². The zero-order valence-corrected chi connectivity index (χ0v) is 10.8. The Labute approximate surface area is 114 Å². The van der Waals surface area contributed by atoms with Crippen molar-refractivity contribution in [2.45, 2.75) is 13.1 Å². The van der Waals surface area contributed by atoms with Gasteiger partial charge in [-0.05, 0) is 6.92 Å². The summed E-state index contributed by atoms with van der Waals surface area (Å²) in [6.45, 7) is 1.65. The minimum Gasteiger partial charge on any atom is -0.295 e. The maximum absolute atomic E-state index is 11.8. The van der Waals surface area contributed by atoms with Crippen LogP contribution in [-0.4, -0.2) is 29.1 Å². The van der Waals surface area contributed by atoms with Crippen LogP contribution in [0.2, 0.25) is 0 Å². The maximum atomic E-state index is 11.8. The fourth-order valence-corrected chi connectivity index (χ4v) is 2.09. The molecule has 1 unspecified atom stereocenters. The molecule has 0 aliphatic rings. The number of aromatic amines is 3. The molecule has 0 saturated heterocycles. The summed E-state index contributed by atoms with van der Waals surface area (Å²) in [5.41, 5.74) is -2.16. The van der Waals surface area contributed by atoms with Gasteiger partial charge in [-0.1, -0.05) is 0 Å². The second-order valence-corrected chi connectivity index (χ2v) is 4.41. The van der Waals surface area contributed by atoms with Crippen LogP contribution in [0.3, 0.4) is 0 Å². The van der Waals surface area contributed by atoms with Crippen molar-refractivity contribution in [3.63, 3.8) is 0 Å². The summed E-state index contributed by atoms with van der Waals surface area (Å²) in [7, 11) is 0. The van der Waals surface area contributed by atoms with Gasteiger partial charge in [0.05, 0.1) is 6.33 Å². The fourth-order valence-electron chi connectivity index (χ4n) is 2.09. The quantitative estimate of drug-likeness (QED) is 0.518. The molecule has 3 aromatic heterocycles. The molecule has 3 N–H and O–H groups in total. The second kappa shape index (κ2) is 4.44. The molecule has 10 heteroatoms. The number of nitrogens with zero attached hydrogens (tertiary/aromatic N) is 3. The van der Waals surface area contributed by atoms with Gasteiger partial charge in [0, 0.05) is 12.3 Å². The Hall–Kier alpha value is -3.17. The number of aromatic nitrogens is 6. The van der Waals surface area contributed by atoms with Gasteiger partial charge in [-0.2, -0.15) is 0 Å². The first kappa shape index (κ1) is 12.8. The zero-order chi connectivity index (χ0) is 15.1. The molecule has 0 fully saturated rings. The minimum absolute atomic E-state index is 0.0546. The Bertz CT molecular complexity index is 1050. The molecule has 3 rings (SSSR count). The standard InChI is InChI=1S/C11H10N6O4/c1-5(16-3-2-6(18)13-11(16)21)17-4-12-7-8(17)14-10(20)15-9(7)19/h2-5H,1H3,(H,13,18,21)(H2,14,15,19,20). The lowest BCUT2D eigenvalue weighted by molar-refractivity contribution is 0.454. The lowest BCUT2D eigenvalue weighted by Crippen LogP contribution is -2.33. The molecular formula is C11H10N6O4. The first-order valence-corrected chi connectivity index (χ1v) is 5.98. The number of H-pyrrole nitrogens is 3. The number of rotatable bonds is 2.